The maximum Gasteiger partial charge on any atom is 0.338 e. The van der Waals surface area contributed by atoms with Crippen molar-refractivity contribution < 1.29 is 19.1 Å². The van der Waals surface area contributed by atoms with Crippen molar-refractivity contribution >= 4 is 23.5 Å². The zero-order valence-electron chi connectivity index (χ0n) is 16.5. The Morgan fingerprint density at radius 3 is 2.19 bits per heavy atom. The van der Waals surface area contributed by atoms with Gasteiger partial charge in [0.2, 0.25) is 11.8 Å². The maximum absolute atomic E-state index is 12.5. The van der Waals surface area contributed by atoms with Crippen molar-refractivity contribution in [3.63, 3.8) is 0 Å². The second-order valence-corrected chi connectivity index (χ2v) is 6.90. The third kappa shape index (κ3) is 5.55. The lowest BCUT2D eigenvalue weighted by Crippen LogP contribution is -2.43. The molecule has 6 heteroatoms. The van der Waals surface area contributed by atoms with Crippen LogP contribution in [0, 0.1) is 11.8 Å². The third-order valence-corrected chi connectivity index (χ3v) is 5.18. The van der Waals surface area contributed by atoms with Crippen LogP contribution in [0.15, 0.2) is 24.3 Å². The summed E-state index contributed by atoms with van der Waals surface area (Å²) in [6.45, 7) is 7.44. The van der Waals surface area contributed by atoms with Gasteiger partial charge in [-0.1, -0.05) is 13.8 Å². The highest BCUT2D eigenvalue weighted by atomic mass is 16.5. The highest BCUT2D eigenvalue weighted by Crippen LogP contribution is 2.22. The van der Waals surface area contributed by atoms with Gasteiger partial charge >= 0.3 is 5.97 Å². The van der Waals surface area contributed by atoms with Crippen molar-refractivity contribution in [1.29, 1.82) is 0 Å². The van der Waals surface area contributed by atoms with Crippen LogP contribution < -0.4 is 5.32 Å². The number of rotatable bonds is 7. The third-order valence-electron chi connectivity index (χ3n) is 5.18. The molecule has 1 aromatic carbocycles. The lowest BCUT2D eigenvalue weighted by molar-refractivity contribution is -0.138. The lowest BCUT2D eigenvalue weighted by atomic mass is 9.93. The van der Waals surface area contributed by atoms with Gasteiger partial charge in [0.05, 0.1) is 12.2 Å². The van der Waals surface area contributed by atoms with Gasteiger partial charge in [0, 0.05) is 30.6 Å². The van der Waals surface area contributed by atoms with Gasteiger partial charge < -0.3 is 15.0 Å². The number of anilines is 1. The van der Waals surface area contributed by atoms with Crippen LogP contribution in [0.25, 0.3) is 0 Å². The molecule has 2 amide bonds. The molecule has 0 radical (unpaired) electrons. The molecular formula is C21H30N2O4. The molecule has 0 aromatic heterocycles. The highest BCUT2D eigenvalue weighted by molar-refractivity contribution is 5.94. The van der Waals surface area contributed by atoms with E-state index < -0.39 is 0 Å². The minimum absolute atomic E-state index is 0.0338. The number of esters is 1. The number of carbonyl (C=O) groups is 3. The van der Waals surface area contributed by atoms with Crippen LogP contribution in [0.1, 0.15) is 56.8 Å². The van der Waals surface area contributed by atoms with E-state index in [1.165, 1.54) is 0 Å². The van der Waals surface area contributed by atoms with Crippen LogP contribution in [0.2, 0.25) is 0 Å². The molecule has 148 valence electrons. The average Bonchev–Trinajstić information content (AvgIpc) is 2.69. The second-order valence-electron chi connectivity index (χ2n) is 6.90. The minimum Gasteiger partial charge on any atom is -0.462 e. The first-order chi connectivity index (χ1) is 13.0. The van der Waals surface area contributed by atoms with E-state index in [0.717, 1.165) is 12.8 Å². The van der Waals surface area contributed by atoms with Crippen LogP contribution in [0.5, 0.6) is 0 Å². The summed E-state index contributed by atoms with van der Waals surface area (Å²) in [4.78, 5) is 38.5. The van der Waals surface area contributed by atoms with Crippen molar-refractivity contribution in [3.8, 4) is 0 Å². The Bertz CT molecular complexity index is 645. The number of carbonyl (C=O) groups excluding carboxylic acids is 3. The van der Waals surface area contributed by atoms with E-state index >= 15 is 0 Å². The van der Waals surface area contributed by atoms with Crippen molar-refractivity contribution in [2.45, 2.75) is 46.5 Å². The first-order valence-electron chi connectivity index (χ1n) is 9.86. The second kappa shape index (κ2) is 10.1. The molecule has 1 fully saturated rings. The Kier molecular flexibility index (Phi) is 7.82. The number of hydrogen-bond donors (Lipinski definition) is 1. The normalized spacial score (nSPS) is 14.9. The molecule has 6 nitrogen and oxygen atoms in total. The van der Waals surface area contributed by atoms with Gasteiger partial charge in [-0.25, -0.2) is 4.79 Å². The zero-order valence-corrected chi connectivity index (χ0v) is 16.5. The summed E-state index contributed by atoms with van der Waals surface area (Å²) in [6.07, 6.45) is 3.08. The SMILES string of the molecule is CCOC(=O)c1ccc(NC(=O)C2CCN(C(=O)C(CC)CC)CC2)cc1. The summed E-state index contributed by atoms with van der Waals surface area (Å²) < 4.78 is 4.95. The predicted octanol–water partition coefficient (Wildman–Crippen LogP) is 3.48. The van der Waals surface area contributed by atoms with Gasteiger partial charge in [0.1, 0.15) is 0 Å². The van der Waals surface area contributed by atoms with Crippen molar-refractivity contribution in [2.75, 3.05) is 25.0 Å². The maximum atomic E-state index is 12.5. The molecule has 1 aromatic rings. The fraction of sp³-hybridized carbons (Fsp3) is 0.571. The number of hydrogen-bond acceptors (Lipinski definition) is 4. The molecule has 0 aliphatic carbocycles. The molecule has 0 atom stereocenters. The van der Waals surface area contributed by atoms with Crippen molar-refractivity contribution in [1.82, 2.24) is 4.90 Å². The molecule has 1 heterocycles. The Hall–Kier alpha value is -2.37. The van der Waals surface area contributed by atoms with E-state index in [1.54, 1.807) is 31.2 Å². The van der Waals surface area contributed by atoms with Crippen molar-refractivity contribution in [3.05, 3.63) is 29.8 Å². The van der Waals surface area contributed by atoms with Gasteiger partial charge in [-0.05, 0) is 56.9 Å². The van der Waals surface area contributed by atoms with E-state index in [9.17, 15) is 14.4 Å². The molecule has 1 saturated heterocycles. The number of likely N-dealkylation sites (tertiary alicyclic amines) is 1. The zero-order chi connectivity index (χ0) is 19.8. The van der Waals surface area contributed by atoms with E-state index in [0.29, 0.717) is 43.8 Å². The highest BCUT2D eigenvalue weighted by Gasteiger charge is 2.29. The molecule has 0 spiro atoms. The predicted molar refractivity (Wildman–Crippen MR) is 104 cm³/mol. The number of nitrogens with zero attached hydrogens (tertiary/aromatic N) is 1. The number of nitrogens with one attached hydrogen (secondary N) is 1. The van der Waals surface area contributed by atoms with Crippen LogP contribution in [0.4, 0.5) is 5.69 Å². The Balaban J connectivity index is 1.85. The summed E-state index contributed by atoms with van der Waals surface area (Å²) in [5, 5.41) is 2.90. The van der Waals surface area contributed by atoms with E-state index in [4.69, 9.17) is 4.74 Å². The minimum atomic E-state index is -0.370. The molecule has 1 N–H and O–H groups in total. The lowest BCUT2D eigenvalue weighted by Gasteiger charge is -2.33. The summed E-state index contributed by atoms with van der Waals surface area (Å²) >= 11 is 0. The fourth-order valence-corrected chi connectivity index (χ4v) is 3.41. The summed E-state index contributed by atoms with van der Waals surface area (Å²) in [6, 6.07) is 6.70. The number of ether oxygens (including phenoxy) is 1. The Labute approximate surface area is 161 Å². The van der Waals surface area contributed by atoms with E-state index in [1.807, 2.05) is 18.7 Å². The molecule has 1 aliphatic rings. The van der Waals surface area contributed by atoms with Crippen LogP contribution >= 0.6 is 0 Å². The smallest absolute Gasteiger partial charge is 0.338 e. The first-order valence-corrected chi connectivity index (χ1v) is 9.86. The van der Waals surface area contributed by atoms with Crippen molar-refractivity contribution in [2.24, 2.45) is 11.8 Å². The standard InChI is InChI=1S/C21H30N2O4/c1-4-15(5-2)20(25)23-13-11-16(12-14-23)19(24)22-18-9-7-17(8-10-18)21(26)27-6-3/h7-10,15-16H,4-6,11-14H2,1-3H3,(H,22,24). The topological polar surface area (TPSA) is 75.7 Å². The molecule has 2 rings (SSSR count). The van der Waals surface area contributed by atoms with Gasteiger partial charge in [-0.15, -0.1) is 0 Å². The molecule has 27 heavy (non-hydrogen) atoms. The molecule has 0 unspecified atom stereocenters. The number of benzene rings is 1. The fourth-order valence-electron chi connectivity index (χ4n) is 3.41. The first kappa shape index (κ1) is 20.9. The van der Waals surface area contributed by atoms with Gasteiger partial charge in [0.25, 0.3) is 0 Å². The van der Waals surface area contributed by atoms with Crippen LogP contribution in [-0.2, 0) is 14.3 Å². The number of amides is 2. The monoisotopic (exact) mass is 374 g/mol. The van der Waals surface area contributed by atoms with Gasteiger partial charge in [-0.2, -0.15) is 0 Å². The van der Waals surface area contributed by atoms with Crippen LogP contribution in [0.3, 0.4) is 0 Å². The van der Waals surface area contributed by atoms with E-state index in [-0.39, 0.29) is 29.6 Å². The molecule has 1 aliphatic heterocycles. The largest absolute Gasteiger partial charge is 0.462 e. The molecule has 0 bridgehead atoms. The molecular weight excluding hydrogens is 344 g/mol. The Morgan fingerprint density at radius 2 is 1.67 bits per heavy atom. The van der Waals surface area contributed by atoms with E-state index in [2.05, 4.69) is 5.32 Å². The van der Waals surface area contributed by atoms with Gasteiger partial charge in [-0.3, -0.25) is 9.59 Å². The summed E-state index contributed by atoms with van der Waals surface area (Å²) in [7, 11) is 0. The summed E-state index contributed by atoms with van der Waals surface area (Å²) in [5.74, 6) is -0.194. The number of piperidine rings is 1. The van der Waals surface area contributed by atoms with Crippen LogP contribution in [-0.4, -0.2) is 42.4 Å². The molecule has 0 saturated carbocycles. The van der Waals surface area contributed by atoms with Gasteiger partial charge in [0.15, 0.2) is 0 Å². The average molecular weight is 374 g/mol. The quantitative estimate of drug-likeness (QED) is 0.742. The summed E-state index contributed by atoms with van der Waals surface area (Å²) in [5.41, 5.74) is 1.12. The Morgan fingerprint density at radius 1 is 1.07 bits per heavy atom.